The lowest BCUT2D eigenvalue weighted by molar-refractivity contribution is -0.148. The number of fused-ring (bicyclic) bond motifs is 3. The van der Waals surface area contributed by atoms with Crippen molar-refractivity contribution < 1.29 is 39.2 Å². The maximum absolute atomic E-state index is 15.7. The summed E-state index contributed by atoms with van der Waals surface area (Å²) in [7, 11) is 3.09. The van der Waals surface area contributed by atoms with Crippen LogP contribution in [0, 0.1) is 17.7 Å². The molecule has 1 aromatic carbocycles. The summed E-state index contributed by atoms with van der Waals surface area (Å²) in [6.07, 6.45) is 0.574. The number of aliphatic hydroxyl groups is 3. The average molecular weight is 532 g/mol. The second-order valence-electron chi connectivity index (χ2n) is 11.3. The van der Waals surface area contributed by atoms with Crippen LogP contribution < -0.4 is 11.1 Å². The van der Waals surface area contributed by atoms with Crippen LogP contribution >= 0.6 is 0 Å². The number of carbonyl (C=O) groups is 3. The largest absolute Gasteiger partial charge is 0.510 e. The number of aromatic hydroxyl groups is 1. The lowest BCUT2D eigenvalue weighted by Crippen LogP contribution is -2.63. The van der Waals surface area contributed by atoms with E-state index >= 15 is 4.39 Å². The molecule has 0 bridgehead atoms. The van der Waals surface area contributed by atoms with Crippen molar-refractivity contribution in [1.29, 1.82) is 0 Å². The molecule has 0 unspecified atom stereocenters. The highest BCUT2D eigenvalue weighted by atomic mass is 19.1. The number of amides is 1. The van der Waals surface area contributed by atoms with Gasteiger partial charge >= 0.3 is 0 Å². The summed E-state index contributed by atoms with van der Waals surface area (Å²) in [5.74, 6) is -8.30. The van der Waals surface area contributed by atoms with Crippen molar-refractivity contribution in [3.63, 3.8) is 0 Å². The van der Waals surface area contributed by atoms with E-state index in [4.69, 9.17) is 5.73 Å². The molecule has 3 aliphatic carbocycles. The van der Waals surface area contributed by atoms with E-state index < -0.39 is 69.6 Å². The second-order valence-corrected chi connectivity index (χ2v) is 11.3. The maximum atomic E-state index is 15.7. The molecule has 7 N–H and O–H groups in total. The highest BCUT2D eigenvalue weighted by Gasteiger charge is 2.63. The summed E-state index contributed by atoms with van der Waals surface area (Å²) in [5, 5.41) is 47.6. The van der Waals surface area contributed by atoms with E-state index in [1.54, 1.807) is 14.1 Å². The topological polar surface area (TPSA) is 173 Å². The van der Waals surface area contributed by atoms with Crippen LogP contribution in [0.25, 0.3) is 0 Å². The third-order valence-corrected chi connectivity index (χ3v) is 8.37. The van der Waals surface area contributed by atoms with Gasteiger partial charge in [0.25, 0.3) is 5.91 Å². The number of primary amides is 1. The van der Waals surface area contributed by atoms with Gasteiger partial charge in [-0.15, -0.1) is 0 Å². The summed E-state index contributed by atoms with van der Waals surface area (Å²) < 4.78 is 15.7. The molecular formula is C27H34FN3O7. The summed E-state index contributed by atoms with van der Waals surface area (Å²) in [6.45, 7) is 5.99. The zero-order valence-electron chi connectivity index (χ0n) is 22.1. The molecule has 4 rings (SSSR count). The predicted octanol–water partition coefficient (Wildman–Crippen LogP) is 1.54. The molecule has 0 saturated heterocycles. The smallest absolute Gasteiger partial charge is 0.255 e. The summed E-state index contributed by atoms with van der Waals surface area (Å²) in [6, 6.07) is 0.0496. The number of hydrogen-bond acceptors (Lipinski definition) is 9. The number of rotatable bonds is 6. The Hall–Kier alpha value is -3.28. The molecule has 0 aliphatic heterocycles. The number of nitrogens with zero attached hydrogens (tertiary/aromatic N) is 1. The SMILES string of the molecule is CCC(C)(C)NCc1cc(O)c2c(c1F)C[C@H]1C[C@H]3[C@H](N(C)C)C(O)=C(C(N)=O)C(=O)[C@@]3(O)C(O)=C1C2=O. The first-order valence-electron chi connectivity index (χ1n) is 12.5. The number of likely N-dealkylation sites (N-methyl/N-ethyl adjacent to an activating group) is 1. The quantitative estimate of drug-likeness (QED) is 0.298. The number of allylic oxidation sites excluding steroid dienone is 1. The van der Waals surface area contributed by atoms with Crippen LogP contribution in [-0.4, -0.2) is 74.1 Å². The molecule has 4 atom stereocenters. The van der Waals surface area contributed by atoms with Crippen LogP contribution in [0.3, 0.4) is 0 Å². The van der Waals surface area contributed by atoms with Crippen molar-refractivity contribution in [2.45, 2.75) is 63.8 Å². The second kappa shape index (κ2) is 9.18. The average Bonchev–Trinajstić information content (AvgIpc) is 2.82. The number of nitrogens with two attached hydrogens (primary N) is 1. The molecule has 206 valence electrons. The summed E-state index contributed by atoms with van der Waals surface area (Å²) >= 11 is 0. The molecule has 0 fully saturated rings. The van der Waals surface area contributed by atoms with Crippen molar-refractivity contribution in [2.75, 3.05) is 14.1 Å². The lowest BCUT2D eigenvalue weighted by atomic mass is 9.58. The van der Waals surface area contributed by atoms with E-state index in [2.05, 4.69) is 5.32 Å². The Balaban J connectivity index is 1.86. The first-order chi connectivity index (χ1) is 17.6. The Morgan fingerprint density at radius 3 is 2.45 bits per heavy atom. The number of nitrogens with one attached hydrogen (secondary N) is 1. The molecular weight excluding hydrogens is 497 g/mol. The summed E-state index contributed by atoms with van der Waals surface area (Å²) in [4.78, 5) is 40.4. The lowest BCUT2D eigenvalue weighted by Gasteiger charge is -2.50. The number of halogens is 1. The maximum Gasteiger partial charge on any atom is 0.255 e. The molecule has 38 heavy (non-hydrogen) atoms. The molecule has 11 heteroatoms. The highest BCUT2D eigenvalue weighted by Crippen LogP contribution is 2.52. The van der Waals surface area contributed by atoms with Crippen LogP contribution in [0.1, 0.15) is 55.1 Å². The standard InChI is InChI=1S/C27H34FN3O7/c1-6-26(2,3)30-10-12-9-15(32)17-13(19(12)28)7-11-8-14-20(31(4)5)22(34)18(25(29)37)24(36)27(14,38)23(35)16(11)21(17)33/h9,11,14,20,30,32,34-35,38H,6-8,10H2,1-5H3,(H2,29,37)/t11-,14-,20-,27-/m0/s1. The number of phenolic OH excluding ortho intramolecular Hbond substituents is 1. The Kier molecular flexibility index (Phi) is 6.70. The molecule has 0 aromatic heterocycles. The third kappa shape index (κ3) is 3.91. The predicted molar refractivity (Wildman–Crippen MR) is 135 cm³/mol. The number of carbonyl (C=O) groups excluding carboxylic acids is 3. The monoisotopic (exact) mass is 531 g/mol. The first kappa shape index (κ1) is 27.7. The van der Waals surface area contributed by atoms with Crippen molar-refractivity contribution in [3.8, 4) is 5.75 Å². The number of ketones is 2. The Bertz CT molecular complexity index is 1320. The Morgan fingerprint density at radius 2 is 1.89 bits per heavy atom. The van der Waals surface area contributed by atoms with Gasteiger partial charge in [-0.25, -0.2) is 4.39 Å². The van der Waals surface area contributed by atoms with E-state index in [0.717, 1.165) is 12.5 Å². The van der Waals surface area contributed by atoms with Crippen molar-refractivity contribution in [3.05, 3.63) is 51.2 Å². The van der Waals surface area contributed by atoms with Gasteiger partial charge in [0.2, 0.25) is 5.78 Å². The molecule has 0 radical (unpaired) electrons. The molecule has 10 nitrogen and oxygen atoms in total. The van der Waals surface area contributed by atoms with Crippen LogP contribution in [0.4, 0.5) is 4.39 Å². The van der Waals surface area contributed by atoms with Crippen LogP contribution in [-0.2, 0) is 22.6 Å². The van der Waals surface area contributed by atoms with Gasteiger partial charge in [0.15, 0.2) is 11.4 Å². The van der Waals surface area contributed by atoms with Gasteiger partial charge in [-0.3, -0.25) is 19.3 Å². The molecule has 1 amide bonds. The van der Waals surface area contributed by atoms with Gasteiger partial charge in [0.1, 0.15) is 28.7 Å². The summed E-state index contributed by atoms with van der Waals surface area (Å²) in [5.41, 5.74) is 0.906. The van der Waals surface area contributed by atoms with E-state index in [1.165, 1.54) is 4.90 Å². The van der Waals surface area contributed by atoms with Gasteiger partial charge in [-0.1, -0.05) is 6.92 Å². The fourth-order valence-corrected chi connectivity index (χ4v) is 5.94. The zero-order chi connectivity index (χ0) is 28.5. The van der Waals surface area contributed by atoms with Gasteiger partial charge in [-0.05, 0) is 59.2 Å². The van der Waals surface area contributed by atoms with Crippen LogP contribution in [0.5, 0.6) is 5.75 Å². The van der Waals surface area contributed by atoms with E-state index in [0.29, 0.717) is 0 Å². The minimum Gasteiger partial charge on any atom is -0.510 e. The fourth-order valence-electron chi connectivity index (χ4n) is 5.94. The molecule has 1 aromatic rings. The number of benzene rings is 1. The van der Waals surface area contributed by atoms with Crippen molar-refractivity contribution in [1.82, 2.24) is 10.2 Å². The fraction of sp³-hybridized carbons (Fsp3) is 0.519. The molecule has 3 aliphatic rings. The zero-order valence-corrected chi connectivity index (χ0v) is 22.1. The molecule has 0 heterocycles. The van der Waals surface area contributed by atoms with Gasteiger partial charge in [0.05, 0.1) is 11.6 Å². The van der Waals surface area contributed by atoms with E-state index in [1.807, 2.05) is 20.8 Å². The minimum atomic E-state index is -2.73. The van der Waals surface area contributed by atoms with Gasteiger partial charge in [0, 0.05) is 34.7 Å². The van der Waals surface area contributed by atoms with Gasteiger partial charge in [-0.2, -0.15) is 0 Å². The van der Waals surface area contributed by atoms with Gasteiger partial charge < -0.3 is 31.5 Å². The number of Topliss-reactive ketones (excluding diaryl/α,β-unsaturated/α-hetero) is 2. The van der Waals surface area contributed by atoms with Crippen molar-refractivity contribution >= 4 is 17.5 Å². The third-order valence-electron chi connectivity index (χ3n) is 8.37. The first-order valence-corrected chi connectivity index (χ1v) is 12.5. The number of phenols is 1. The number of aliphatic hydroxyl groups excluding tert-OH is 2. The minimum absolute atomic E-state index is 0.0192. The van der Waals surface area contributed by atoms with E-state index in [9.17, 15) is 34.8 Å². The molecule has 0 saturated carbocycles. The highest BCUT2D eigenvalue weighted by molar-refractivity contribution is 6.24. The van der Waals surface area contributed by atoms with E-state index in [-0.39, 0.29) is 47.2 Å². The number of hydrogen-bond donors (Lipinski definition) is 6. The molecule has 0 spiro atoms. The van der Waals surface area contributed by atoms with Crippen molar-refractivity contribution in [2.24, 2.45) is 17.6 Å². The van der Waals surface area contributed by atoms with Crippen LogP contribution in [0.15, 0.2) is 28.7 Å². The normalized spacial score (nSPS) is 27.4. The Labute approximate surface area is 219 Å². The Morgan fingerprint density at radius 1 is 1.26 bits per heavy atom. The van der Waals surface area contributed by atoms with Crippen LogP contribution in [0.2, 0.25) is 0 Å².